The molecule has 0 bridgehead atoms. The Balaban J connectivity index is 0.000000225. The summed E-state index contributed by atoms with van der Waals surface area (Å²) in [6, 6.07) is 21.4. The number of benzene rings is 2. The second-order valence-corrected chi connectivity index (χ2v) is 17.6. The Labute approximate surface area is 283 Å². The molecular weight excluding hydrogens is 683 g/mol. The van der Waals surface area contributed by atoms with Crippen LogP contribution in [0.15, 0.2) is 60.7 Å². The summed E-state index contributed by atoms with van der Waals surface area (Å²) in [5.74, 6) is 1.59. The fraction of sp³-hybridized carbons (Fsp3) is 0.588. The molecule has 0 saturated carbocycles. The van der Waals surface area contributed by atoms with E-state index in [1.54, 1.807) is 8.87 Å². The van der Waals surface area contributed by atoms with E-state index < -0.39 is 0 Å². The zero-order chi connectivity index (χ0) is 29.7. The van der Waals surface area contributed by atoms with Crippen LogP contribution in [0.25, 0.3) is 0 Å². The molecule has 0 N–H and O–H groups in total. The van der Waals surface area contributed by atoms with Crippen LogP contribution in [0.3, 0.4) is 0 Å². The first kappa shape index (κ1) is 36.6. The number of hydrogen-bond acceptors (Lipinski definition) is 4. The zero-order valence-corrected chi connectivity index (χ0v) is 31.4. The predicted octanol–water partition coefficient (Wildman–Crippen LogP) is 8.67. The number of nitrogens with zero attached hydrogens (tertiary/aromatic N) is 2. The fourth-order valence-corrected chi connectivity index (χ4v) is 10.2. The number of piperidine rings is 2. The van der Waals surface area contributed by atoms with E-state index in [9.17, 15) is 0 Å². The fourth-order valence-electron chi connectivity index (χ4n) is 5.26. The van der Waals surface area contributed by atoms with Crippen LogP contribution in [0.4, 0.5) is 0 Å². The molecule has 224 valence electrons. The van der Waals surface area contributed by atoms with Crippen LogP contribution in [0.1, 0.15) is 76.3 Å². The van der Waals surface area contributed by atoms with E-state index in [1.807, 2.05) is 0 Å². The molecule has 7 heteroatoms. The molecule has 2 nitrogen and oxygen atoms in total. The number of unbranched alkanes of at least 4 members (excludes halogenated alkanes) is 2. The van der Waals surface area contributed by atoms with Crippen LogP contribution in [0, 0.1) is 11.8 Å². The first-order chi connectivity index (χ1) is 19.9. The van der Waals surface area contributed by atoms with Crippen molar-refractivity contribution >= 4 is 79.5 Å². The third-order valence-electron chi connectivity index (χ3n) is 7.89. The molecule has 0 spiro atoms. The summed E-state index contributed by atoms with van der Waals surface area (Å²) in [5, 5.41) is 0. The van der Waals surface area contributed by atoms with Gasteiger partial charge >= 0.3 is 69.5 Å². The molecule has 2 aromatic rings. The van der Waals surface area contributed by atoms with E-state index >= 15 is 0 Å². The molecule has 2 fully saturated rings. The van der Waals surface area contributed by atoms with Crippen molar-refractivity contribution in [3.8, 4) is 0 Å². The molecule has 0 unspecified atom stereocenters. The summed E-state index contributed by atoms with van der Waals surface area (Å²) in [7, 11) is 0. The molecule has 0 amide bonds. The Morgan fingerprint density at radius 2 is 1.00 bits per heavy atom. The number of hydrogen-bond donors (Lipinski definition) is 0. The van der Waals surface area contributed by atoms with E-state index in [1.165, 1.54) is 75.3 Å². The third-order valence-corrected chi connectivity index (χ3v) is 13.0. The predicted molar refractivity (Wildman–Crippen MR) is 194 cm³/mol. The molecular formula is C34H50N2S4Sn. The summed E-state index contributed by atoms with van der Waals surface area (Å²) in [4.78, 5) is 4.29. The molecule has 0 aliphatic carbocycles. The summed E-state index contributed by atoms with van der Waals surface area (Å²) in [5.41, 5.74) is 2.89. The number of thiocarbonyl (C=S) groups is 2. The average molecular weight is 734 g/mol. The maximum absolute atomic E-state index is 5.02. The first-order valence-corrected chi connectivity index (χ1v) is 21.3. The molecule has 4 rings (SSSR count). The van der Waals surface area contributed by atoms with E-state index in [-0.39, 0.29) is 21.1 Å². The standard InChI is InChI=1S/2C13H17NS2.2C4H9.Sn/c2*15-13(16)14-8-6-12(7-9-14)10-11-4-2-1-3-5-11;2*1-3-4-2;/h2*1-5,12H,6-10H2,(H,15,16);2*1,3-4H2,2H3;/q;;;;+2/p-2. The van der Waals surface area contributed by atoms with E-state index in [0.29, 0.717) is 8.64 Å². The van der Waals surface area contributed by atoms with E-state index in [0.717, 1.165) is 38.0 Å². The molecule has 0 atom stereocenters. The normalized spacial score (nSPS) is 15.6. The summed E-state index contributed by atoms with van der Waals surface area (Å²) < 4.78 is 4.52. The average Bonchev–Trinajstić information content (AvgIpc) is 2.99. The maximum atomic E-state index is 5.02. The van der Waals surface area contributed by atoms with Crippen LogP contribution in [-0.4, -0.2) is 65.8 Å². The molecule has 41 heavy (non-hydrogen) atoms. The van der Waals surface area contributed by atoms with Crippen molar-refractivity contribution in [1.82, 2.24) is 9.80 Å². The van der Waals surface area contributed by atoms with Gasteiger partial charge in [0.15, 0.2) is 0 Å². The second-order valence-electron chi connectivity index (χ2n) is 11.2. The third kappa shape index (κ3) is 16.8. The van der Waals surface area contributed by atoms with Gasteiger partial charge in [0.05, 0.1) is 0 Å². The van der Waals surface area contributed by atoms with Gasteiger partial charge in [-0.15, -0.1) is 0 Å². The van der Waals surface area contributed by atoms with Crippen LogP contribution < -0.4 is 0 Å². The van der Waals surface area contributed by atoms with Gasteiger partial charge in [-0.25, -0.2) is 0 Å². The summed E-state index contributed by atoms with van der Waals surface area (Å²) >= 11 is 20.2. The van der Waals surface area contributed by atoms with Crippen LogP contribution in [0.5, 0.6) is 0 Å². The monoisotopic (exact) mass is 734 g/mol. The summed E-state index contributed by atoms with van der Waals surface area (Å²) in [6.45, 7) is 8.75. The number of rotatable bonds is 10. The smallest absolute Gasteiger partial charge is 0.0165 e. The largest absolute Gasteiger partial charge is 0.411 e. The molecule has 0 aromatic heterocycles. The van der Waals surface area contributed by atoms with Gasteiger partial charge in [-0.1, -0.05) is 69.3 Å². The van der Waals surface area contributed by atoms with Gasteiger partial charge in [0.2, 0.25) is 0 Å². The quantitative estimate of drug-likeness (QED) is 0.104. The van der Waals surface area contributed by atoms with Crippen molar-refractivity contribution in [2.45, 2.75) is 86.9 Å². The van der Waals surface area contributed by atoms with Crippen LogP contribution in [0.2, 0.25) is 8.87 Å². The van der Waals surface area contributed by atoms with Crippen LogP contribution >= 0.6 is 24.4 Å². The molecule has 2 aliphatic rings. The Morgan fingerprint density at radius 1 is 0.659 bits per heavy atom. The number of likely N-dealkylation sites (tertiary alicyclic amines) is 2. The van der Waals surface area contributed by atoms with Gasteiger partial charge < -0.3 is 59.5 Å². The van der Waals surface area contributed by atoms with Crippen molar-refractivity contribution in [2.24, 2.45) is 11.8 Å². The van der Waals surface area contributed by atoms with Crippen molar-refractivity contribution < 1.29 is 0 Å². The maximum Gasteiger partial charge on any atom is 0.0165 e. The molecule has 2 heterocycles. The van der Waals surface area contributed by atoms with Crippen molar-refractivity contribution in [2.75, 3.05) is 26.2 Å². The minimum Gasteiger partial charge on any atom is -0.411 e. The minimum atomic E-state index is 0.149. The van der Waals surface area contributed by atoms with Crippen molar-refractivity contribution in [3.63, 3.8) is 0 Å². The zero-order valence-electron chi connectivity index (χ0n) is 25.3. The van der Waals surface area contributed by atoms with E-state index in [4.69, 9.17) is 49.7 Å². The molecule has 2 aliphatic heterocycles. The van der Waals surface area contributed by atoms with Gasteiger partial charge in [-0.3, -0.25) is 0 Å². The summed E-state index contributed by atoms with van der Waals surface area (Å²) in [6.07, 6.45) is 13.1. The SMILES string of the molecule is CCC[CH2][Sn+2][CH2]CCC.S=C([S-])N1CCC(Cc2ccccc2)CC1.S=C([S-])N1CCC(Cc2ccccc2)CC1. The minimum absolute atomic E-state index is 0.149. The first-order valence-electron chi connectivity index (χ1n) is 15.6. The molecule has 0 radical (unpaired) electrons. The Hall–Kier alpha value is -0.541. The van der Waals surface area contributed by atoms with Gasteiger partial charge in [-0.05, 0) is 61.5 Å². The molecule has 2 saturated heterocycles. The Bertz CT molecular complexity index is 866. The Morgan fingerprint density at radius 3 is 1.29 bits per heavy atom. The Kier molecular flexibility index (Phi) is 20.5. The topological polar surface area (TPSA) is 6.48 Å². The van der Waals surface area contributed by atoms with Gasteiger partial charge in [0, 0.05) is 26.2 Å². The van der Waals surface area contributed by atoms with Gasteiger partial charge in [0.1, 0.15) is 0 Å². The van der Waals surface area contributed by atoms with Crippen molar-refractivity contribution in [1.29, 1.82) is 0 Å². The molecule has 2 aromatic carbocycles. The van der Waals surface area contributed by atoms with Crippen molar-refractivity contribution in [3.05, 3.63) is 71.8 Å². The van der Waals surface area contributed by atoms with Gasteiger partial charge in [0.25, 0.3) is 0 Å². The van der Waals surface area contributed by atoms with Crippen LogP contribution in [-0.2, 0) is 38.1 Å². The van der Waals surface area contributed by atoms with E-state index in [2.05, 4.69) is 84.3 Å². The van der Waals surface area contributed by atoms with Gasteiger partial charge in [-0.2, -0.15) is 0 Å². The second kappa shape index (κ2) is 22.9.